The van der Waals surface area contributed by atoms with E-state index in [0.29, 0.717) is 16.3 Å². The minimum atomic E-state index is -0.670. The molecule has 4 aromatic rings. The van der Waals surface area contributed by atoms with E-state index < -0.39 is 23.0 Å². The first-order valence-electron chi connectivity index (χ1n) is 9.28. The average molecular weight is 442 g/mol. The number of carbonyl (C=O) groups excluding carboxylic acids is 1. The predicted molar refractivity (Wildman–Crippen MR) is 115 cm³/mol. The minimum Gasteiger partial charge on any atom is -0.324 e. The molecule has 0 unspecified atom stereocenters. The fourth-order valence-corrected chi connectivity index (χ4v) is 3.45. The Morgan fingerprint density at radius 3 is 2.58 bits per heavy atom. The third kappa shape index (κ3) is 4.26. The van der Waals surface area contributed by atoms with Crippen LogP contribution in [0, 0.1) is 5.82 Å². The van der Waals surface area contributed by atoms with Gasteiger partial charge < -0.3 is 5.32 Å². The standard InChI is InChI=1S/C21H17ClFN5O3/c1-26-11-17-19(25-26)20(30)28(10-13-5-7-15(23)8-6-13)21(31)27(17)12-18(29)24-16-4-2-3-14(22)9-16/h2-9,11H,10,12H2,1H3,(H,24,29). The molecule has 10 heteroatoms. The van der Waals surface area contributed by atoms with Gasteiger partial charge in [0.2, 0.25) is 5.91 Å². The molecule has 0 bridgehead atoms. The number of benzene rings is 2. The number of aromatic nitrogens is 4. The van der Waals surface area contributed by atoms with Gasteiger partial charge in [-0.25, -0.2) is 9.18 Å². The van der Waals surface area contributed by atoms with Crippen molar-refractivity contribution in [1.82, 2.24) is 18.9 Å². The molecule has 1 N–H and O–H groups in total. The van der Waals surface area contributed by atoms with Crippen molar-refractivity contribution < 1.29 is 9.18 Å². The van der Waals surface area contributed by atoms with Crippen LogP contribution in [0.25, 0.3) is 11.0 Å². The number of nitrogens with one attached hydrogen (secondary N) is 1. The van der Waals surface area contributed by atoms with Crippen LogP contribution in [0.15, 0.2) is 64.3 Å². The predicted octanol–water partition coefficient (Wildman–Crippen LogP) is 2.38. The van der Waals surface area contributed by atoms with Crippen LogP contribution in [-0.2, 0) is 24.9 Å². The lowest BCUT2D eigenvalue weighted by Gasteiger charge is -2.12. The van der Waals surface area contributed by atoms with Crippen LogP contribution in [0.3, 0.4) is 0 Å². The molecule has 2 aromatic heterocycles. The molecule has 2 heterocycles. The molecule has 0 saturated carbocycles. The number of nitrogens with zero attached hydrogens (tertiary/aromatic N) is 4. The third-order valence-corrected chi connectivity index (χ3v) is 4.91. The Morgan fingerprint density at radius 1 is 1.13 bits per heavy atom. The normalized spacial score (nSPS) is 11.1. The first-order chi connectivity index (χ1) is 14.8. The Morgan fingerprint density at radius 2 is 1.87 bits per heavy atom. The van der Waals surface area contributed by atoms with E-state index in [0.717, 1.165) is 4.57 Å². The summed E-state index contributed by atoms with van der Waals surface area (Å²) in [7, 11) is 1.62. The van der Waals surface area contributed by atoms with Crippen molar-refractivity contribution in [3.05, 3.63) is 92.0 Å². The Balaban J connectivity index is 1.75. The first kappa shape index (κ1) is 20.5. The zero-order chi connectivity index (χ0) is 22.1. The van der Waals surface area contributed by atoms with Gasteiger partial charge in [-0.15, -0.1) is 0 Å². The molecule has 4 rings (SSSR count). The van der Waals surface area contributed by atoms with Crippen LogP contribution in [0.1, 0.15) is 5.56 Å². The molecule has 0 spiro atoms. The van der Waals surface area contributed by atoms with E-state index in [2.05, 4.69) is 10.4 Å². The largest absolute Gasteiger partial charge is 0.332 e. The molecule has 31 heavy (non-hydrogen) atoms. The van der Waals surface area contributed by atoms with Gasteiger partial charge in [0.15, 0.2) is 5.52 Å². The van der Waals surface area contributed by atoms with Crippen LogP contribution in [0.4, 0.5) is 10.1 Å². The Hall–Kier alpha value is -3.72. The summed E-state index contributed by atoms with van der Waals surface area (Å²) < 4.78 is 16.8. The van der Waals surface area contributed by atoms with Crippen molar-refractivity contribution in [2.24, 2.45) is 7.05 Å². The van der Waals surface area contributed by atoms with Crippen LogP contribution in [0.5, 0.6) is 0 Å². The number of carbonyl (C=O) groups is 1. The van der Waals surface area contributed by atoms with Crippen LogP contribution < -0.4 is 16.6 Å². The molecule has 0 saturated heterocycles. The van der Waals surface area contributed by atoms with Crippen LogP contribution >= 0.6 is 11.6 Å². The zero-order valence-electron chi connectivity index (χ0n) is 16.4. The maximum atomic E-state index is 13.2. The number of hydrogen-bond donors (Lipinski definition) is 1. The summed E-state index contributed by atoms with van der Waals surface area (Å²) in [5, 5.41) is 7.28. The highest BCUT2D eigenvalue weighted by Crippen LogP contribution is 2.15. The number of halogens is 2. The lowest BCUT2D eigenvalue weighted by Crippen LogP contribution is -2.41. The minimum absolute atomic E-state index is 0.0553. The lowest BCUT2D eigenvalue weighted by atomic mass is 10.2. The summed E-state index contributed by atoms with van der Waals surface area (Å²) in [5.74, 6) is -0.895. The van der Waals surface area contributed by atoms with E-state index in [1.165, 1.54) is 39.7 Å². The quantitative estimate of drug-likeness (QED) is 0.515. The van der Waals surface area contributed by atoms with Crippen molar-refractivity contribution in [3.63, 3.8) is 0 Å². The highest BCUT2D eigenvalue weighted by Gasteiger charge is 2.18. The summed E-state index contributed by atoms with van der Waals surface area (Å²) in [6.07, 6.45) is 1.51. The van der Waals surface area contributed by atoms with Gasteiger partial charge in [-0.2, -0.15) is 5.10 Å². The van der Waals surface area contributed by atoms with E-state index >= 15 is 0 Å². The maximum Gasteiger partial charge on any atom is 0.332 e. The summed E-state index contributed by atoms with van der Waals surface area (Å²) in [6, 6.07) is 12.1. The van der Waals surface area contributed by atoms with Gasteiger partial charge in [0.05, 0.1) is 12.1 Å². The SMILES string of the molecule is Cn1cc2c(n1)c(=O)n(Cc1ccc(F)cc1)c(=O)n2CC(=O)Nc1cccc(Cl)c1. The summed E-state index contributed by atoms with van der Waals surface area (Å²) >= 11 is 5.94. The molecular formula is C21H17ClFN5O3. The highest BCUT2D eigenvalue weighted by atomic mass is 35.5. The smallest absolute Gasteiger partial charge is 0.324 e. The van der Waals surface area contributed by atoms with E-state index in [-0.39, 0.29) is 24.1 Å². The van der Waals surface area contributed by atoms with Crippen molar-refractivity contribution in [2.75, 3.05) is 5.32 Å². The number of hydrogen-bond acceptors (Lipinski definition) is 4. The van der Waals surface area contributed by atoms with Crippen molar-refractivity contribution in [2.45, 2.75) is 13.1 Å². The average Bonchev–Trinajstić information content (AvgIpc) is 3.12. The molecule has 2 aromatic carbocycles. The second-order valence-electron chi connectivity index (χ2n) is 6.98. The fourth-order valence-electron chi connectivity index (χ4n) is 3.26. The van der Waals surface area contributed by atoms with Crippen LogP contribution in [-0.4, -0.2) is 24.8 Å². The maximum absolute atomic E-state index is 13.2. The van der Waals surface area contributed by atoms with Crippen molar-refractivity contribution >= 4 is 34.2 Å². The number of aryl methyl sites for hydroxylation is 1. The van der Waals surface area contributed by atoms with Crippen molar-refractivity contribution in [3.8, 4) is 0 Å². The second-order valence-corrected chi connectivity index (χ2v) is 7.42. The molecular weight excluding hydrogens is 425 g/mol. The van der Waals surface area contributed by atoms with Crippen LogP contribution in [0.2, 0.25) is 5.02 Å². The Kier molecular flexibility index (Phi) is 5.43. The lowest BCUT2D eigenvalue weighted by molar-refractivity contribution is -0.116. The molecule has 0 aliphatic carbocycles. The summed E-state index contributed by atoms with van der Waals surface area (Å²) in [5.41, 5.74) is 0.0831. The van der Waals surface area contributed by atoms with Crippen molar-refractivity contribution in [1.29, 1.82) is 0 Å². The molecule has 158 valence electrons. The zero-order valence-corrected chi connectivity index (χ0v) is 17.1. The number of rotatable bonds is 5. The number of anilines is 1. The monoisotopic (exact) mass is 441 g/mol. The Bertz CT molecular complexity index is 1410. The van der Waals surface area contributed by atoms with Gasteiger partial charge in [-0.1, -0.05) is 29.8 Å². The summed E-state index contributed by atoms with van der Waals surface area (Å²) in [6.45, 7) is -0.419. The van der Waals surface area contributed by atoms with Gasteiger partial charge in [0, 0.05) is 24.0 Å². The number of amides is 1. The molecule has 0 atom stereocenters. The van der Waals surface area contributed by atoms with E-state index in [4.69, 9.17) is 11.6 Å². The van der Waals surface area contributed by atoms with Gasteiger partial charge >= 0.3 is 5.69 Å². The molecule has 0 aliphatic rings. The fraction of sp³-hybridized carbons (Fsp3) is 0.143. The van der Waals surface area contributed by atoms with Gasteiger partial charge in [-0.3, -0.25) is 23.4 Å². The van der Waals surface area contributed by atoms with Gasteiger partial charge in [0.25, 0.3) is 5.56 Å². The molecule has 8 nitrogen and oxygen atoms in total. The highest BCUT2D eigenvalue weighted by molar-refractivity contribution is 6.30. The second kappa shape index (κ2) is 8.19. The topological polar surface area (TPSA) is 90.9 Å². The third-order valence-electron chi connectivity index (χ3n) is 4.67. The van der Waals surface area contributed by atoms with E-state index in [9.17, 15) is 18.8 Å². The molecule has 0 radical (unpaired) electrons. The first-order valence-corrected chi connectivity index (χ1v) is 9.66. The molecule has 0 fully saturated rings. The molecule has 1 amide bonds. The van der Waals surface area contributed by atoms with E-state index in [1.54, 1.807) is 31.3 Å². The number of fused-ring (bicyclic) bond motifs is 1. The summed E-state index contributed by atoms with van der Waals surface area (Å²) in [4.78, 5) is 38.6. The Labute approximate surface area is 180 Å². The van der Waals surface area contributed by atoms with E-state index in [1.807, 2.05) is 0 Å². The molecule has 0 aliphatic heterocycles. The van der Waals surface area contributed by atoms with Gasteiger partial charge in [0.1, 0.15) is 12.4 Å². The van der Waals surface area contributed by atoms with Gasteiger partial charge in [-0.05, 0) is 35.9 Å².